The van der Waals surface area contributed by atoms with Gasteiger partial charge in [0.25, 0.3) is 0 Å². The highest BCUT2D eigenvalue weighted by atomic mass is 32.2. The standard InChI is InChI=1S/C20H20N2O3S/c1-15-7-3-6-10-19(15)22(20(23)14-26(2,24)25)13-17-12-11-16-8-4-5-9-18(16)21-17/h3-12H,13-14H2,1-2H3. The van der Waals surface area contributed by atoms with Crippen LogP contribution in [0, 0.1) is 6.92 Å². The first-order valence-electron chi connectivity index (χ1n) is 8.22. The first-order valence-corrected chi connectivity index (χ1v) is 10.3. The van der Waals surface area contributed by atoms with Crippen molar-refractivity contribution in [2.24, 2.45) is 0 Å². The van der Waals surface area contributed by atoms with E-state index in [2.05, 4.69) is 4.98 Å². The zero-order valence-electron chi connectivity index (χ0n) is 14.7. The number of fused-ring (bicyclic) bond motifs is 1. The quantitative estimate of drug-likeness (QED) is 0.694. The van der Waals surface area contributed by atoms with Crippen LogP contribution in [0.4, 0.5) is 5.69 Å². The number of rotatable bonds is 5. The summed E-state index contributed by atoms with van der Waals surface area (Å²) in [6, 6.07) is 19.0. The number of benzene rings is 2. The van der Waals surface area contributed by atoms with Crippen LogP contribution in [0.1, 0.15) is 11.3 Å². The van der Waals surface area contributed by atoms with E-state index >= 15 is 0 Å². The van der Waals surface area contributed by atoms with Gasteiger partial charge in [0, 0.05) is 17.3 Å². The second-order valence-electron chi connectivity index (χ2n) is 6.33. The molecule has 0 aliphatic carbocycles. The van der Waals surface area contributed by atoms with E-state index in [1.165, 1.54) is 4.90 Å². The molecule has 6 heteroatoms. The lowest BCUT2D eigenvalue weighted by Crippen LogP contribution is -2.35. The smallest absolute Gasteiger partial charge is 0.242 e. The number of para-hydroxylation sites is 2. The van der Waals surface area contributed by atoms with Crippen LogP contribution >= 0.6 is 0 Å². The topological polar surface area (TPSA) is 67.3 Å². The fourth-order valence-corrected chi connectivity index (χ4v) is 3.44. The molecule has 0 atom stereocenters. The summed E-state index contributed by atoms with van der Waals surface area (Å²) in [4.78, 5) is 18.8. The average Bonchev–Trinajstić information content (AvgIpc) is 2.59. The van der Waals surface area contributed by atoms with Gasteiger partial charge in [0.2, 0.25) is 5.91 Å². The van der Waals surface area contributed by atoms with Gasteiger partial charge in [-0.1, -0.05) is 42.5 Å². The van der Waals surface area contributed by atoms with Crippen molar-refractivity contribution in [2.75, 3.05) is 16.9 Å². The van der Waals surface area contributed by atoms with E-state index in [9.17, 15) is 13.2 Å². The molecular formula is C20H20N2O3S. The van der Waals surface area contributed by atoms with Crippen LogP contribution in [-0.4, -0.2) is 31.3 Å². The van der Waals surface area contributed by atoms with Crippen LogP contribution in [0.3, 0.4) is 0 Å². The predicted molar refractivity (Wildman–Crippen MR) is 104 cm³/mol. The van der Waals surface area contributed by atoms with Gasteiger partial charge in [-0.2, -0.15) is 0 Å². The van der Waals surface area contributed by atoms with Crippen molar-refractivity contribution >= 4 is 32.3 Å². The van der Waals surface area contributed by atoms with Gasteiger partial charge in [0.05, 0.1) is 17.8 Å². The molecule has 0 aliphatic heterocycles. The number of amides is 1. The van der Waals surface area contributed by atoms with Gasteiger partial charge in [-0.05, 0) is 30.7 Å². The van der Waals surface area contributed by atoms with Gasteiger partial charge in [-0.3, -0.25) is 9.78 Å². The molecule has 0 spiro atoms. The largest absolute Gasteiger partial charge is 0.305 e. The lowest BCUT2D eigenvalue weighted by molar-refractivity contribution is -0.116. The second-order valence-corrected chi connectivity index (χ2v) is 8.47. The second kappa shape index (κ2) is 7.25. The summed E-state index contributed by atoms with van der Waals surface area (Å²) in [7, 11) is -3.43. The van der Waals surface area contributed by atoms with E-state index in [4.69, 9.17) is 0 Å². The minimum atomic E-state index is -3.43. The molecule has 5 nitrogen and oxygen atoms in total. The van der Waals surface area contributed by atoms with Gasteiger partial charge < -0.3 is 4.90 Å². The molecule has 0 saturated carbocycles. The lowest BCUT2D eigenvalue weighted by Gasteiger charge is -2.24. The Morgan fingerprint density at radius 2 is 1.69 bits per heavy atom. The summed E-state index contributed by atoms with van der Waals surface area (Å²) in [5.41, 5.74) is 3.13. The lowest BCUT2D eigenvalue weighted by atomic mass is 10.1. The zero-order valence-corrected chi connectivity index (χ0v) is 15.5. The number of nitrogens with zero attached hydrogens (tertiary/aromatic N) is 2. The molecule has 0 aliphatic rings. The SMILES string of the molecule is Cc1ccccc1N(Cc1ccc2ccccc2n1)C(=O)CS(C)(=O)=O. The molecule has 0 radical (unpaired) electrons. The number of carbonyl (C=O) groups is 1. The van der Waals surface area contributed by atoms with Crippen LogP contribution in [0.15, 0.2) is 60.7 Å². The Morgan fingerprint density at radius 1 is 1.00 bits per heavy atom. The maximum absolute atomic E-state index is 12.7. The Balaban J connectivity index is 1.99. The van der Waals surface area contributed by atoms with E-state index in [1.807, 2.05) is 67.6 Å². The molecule has 0 unspecified atom stereocenters. The first-order chi connectivity index (χ1) is 12.3. The third-order valence-corrected chi connectivity index (χ3v) is 4.84. The number of aromatic nitrogens is 1. The van der Waals surface area contributed by atoms with E-state index in [0.717, 1.165) is 22.7 Å². The molecular weight excluding hydrogens is 348 g/mol. The predicted octanol–water partition coefficient (Wildman–Crippen LogP) is 3.12. The Hall–Kier alpha value is -2.73. The van der Waals surface area contributed by atoms with E-state index in [1.54, 1.807) is 0 Å². The fraction of sp³-hybridized carbons (Fsp3) is 0.200. The summed E-state index contributed by atoms with van der Waals surface area (Å²) in [6.45, 7) is 2.11. The minimum Gasteiger partial charge on any atom is -0.305 e. The fourth-order valence-electron chi connectivity index (χ4n) is 2.83. The van der Waals surface area contributed by atoms with Gasteiger partial charge in [-0.25, -0.2) is 8.42 Å². The summed E-state index contributed by atoms with van der Waals surface area (Å²) >= 11 is 0. The highest BCUT2D eigenvalue weighted by Crippen LogP contribution is 2.23. The molecule has 2 aromatic carbocycles. The molecule has 1 amide bonds. The molecule has 134 valence electrons. The molecule has 26 heavy (non-hydrogen) atoms. The molecule has 0 N–H and O–H groups in total. The van der Waals surface area contributed by atoms with Crippen molar-refractivity contribution in [3.8, 4) is 0 Å². The number of sulfone groups is 1. The van der Waals surface area contributed by atoms with Crippen LogP contribution in [0.5, 0.6) is 0 Å². The molecule has 1 heterocycles. The first kappa shape index (κ1) is 18.1. The summed E-state index contributed by atoms with van der Waals surface area (Å²) in [5.74, 6) is -0.994. The minimum absolute atomic E-state index is 0.212. The van der Waals surface area contributed by atoms with Crippen molar-refractivity contribution in [3.05, 3.63) is 71.9 Å². The van der Waals surface area contributed by atoms with Crippen LogP contribution in [0.25, 0.3) is 10.9 Å². The van der Waals surface area contributed by atoms with Gasteiger partial charge in [0.1, 0.15) is 5.75 Å². The van der Waals surface area contributed by atoms with E-state index < -0.39 is 21.5 Å². The zero-order chi connectivity index (χ0) is 18.7. The van der Waals surface area contributed by atoms with Crippen molar-refractivity contribution < 1.29 is 13.2 Å². The third-order valence-electron chi connectivity index (χ3n) is 4.07. The molecule has 3 rings (SSSR count). The van der Waals surface area contributed by atoms with Gasteiger partial charge in [0.15, 0.2) is 9.84 Å². The number of hydrogen-bond acceptors (Lipinski definition) is 4. The molecule has 3 aromatic rings. The van der Waals surface area contributed by atoms with Crippen molar-refractivity contribution in [1.29, 1.82) is 0 Å². The summed E-state index contributed by atoms with van der Waals surface area (Å²) in [5, 5.41) is 1.01. The van der Waals surface area contributed by atoms with Crippen molar-refractivity contribution in [3.63, 3.8) is 0 Å². The number of aryl methyl sites for hydroxylation is 1. The van der Waals surface area contributed by atoms with E-state index in [0.29, 0.717) is 11.4 Å². The maximum Gasteiger partial charge on any atom is 0.242 e. The maximum atomic E-state index is 12.7. The van der Waals surface area contributed by atoms with Gasteiger partial charge >= 0.3 is 0 Å². The molecule has 0 fully saturated rings. The monoisotopic (exact) mass is 368 g/mol. The van der Waals surface area contributed by atoms with Crippen molar-refractivity contribution in [1.82, 2.24) is 4.98 Å². The summed E-state index contributed by atoms with van der Waals surface area (Å²) < 4.78 is 23.3. The summed E-state index contributed by atoms with van der Waals surface area (Å²) in [6.07, 6.45) is 1.06. The normalized spacial score (nSPS) is 11.5. The number of anilines is 1. The molecule has 1 aromatic heterocycles. The van der Waals surface area contributed by atoms with Crippen LogP contribution < -0.4 is 4.90 Å². The third kappa shape index (κ3) is 4.26. The molecule has 0 saturated heterocycles. The van der Waals surface area contributed by atoms with Gasteiger partial charge in [-0.15, -0.1) is 0 Å². The van der Waals surface area contributed by atoms with E-state index in [-0.39, 0.29) is 6.54 Å². The Morgan fingerprint density at radius 3 is 2.42 bits per heavy atom. The Kier molecular flexibility index (Phi) is 5.04. The van der Waals surface area contributed by atoms with Crippen LogP contribution in [-0.2, 0) is 21.2 Å². The molecule has 0 bridgehead atoms. The Bertz CT molecular complexity index is 1060. The highest BCUT2D eigenvalue weighted by molar-refractivity contribution is 7.91. The Labute approximate surface area is 153 Å². The number of pyridine rings is 1. The van der Waals surface area contributed by atoms with Crippen molar-refractivity contribution in [2.45, 2.75) is 13.5 Å². The van der Waals surface area contributed by atoms with Crippen LogP contribution in [0.2, 0.25) is 0 Å². The highest BCUT2D eigenvalue weighted by Gasteiger charge is 2.22. The number of carbonyl (C=O) groups excluding carboxylic acids is 1. The average molecular weight is 368 g/mol. The number of hydrogen-bond donors (Lipinski definition) is 0.